The second-order valence-electron chi connectivity index (χ2n) is 7.19. The molecular formula is C20H21N3O4S. The maximum atomic E-state index is 13.1. The summed E-state index contributed by atoms with van der Waals surface area (Å²) < 4.78 is 23.1. The molecule has 0 bridgehead atoms. The summed E-state index contributed by atoms with van der Waals surface area (Å²) in [6.07, 6.45) is 3.66. The van der Waals surface area contributed by atoms with Gasteiger partial charge in [0.1, 0.15) is 5.69 Å². The third kappa shape index (κ3) is 3.77. The summed E-state index contributed by atoms with van der Waals surface area (Å²) in [5.41, 5.74) is 2.53. The molecule has 1 saturated heterocycles. The monoisotopic (exact) mass is 399 g/mol. The second-order valence-corrected chi connectivity index (χ2v) is 9.42. The molecule has 2 aliphatic rings. The zero-order valence-corrected chi connectivity index (χ0v) is 16.1. The molecule has 28 heavy (non-hydrogen) atoms. The Morgan fingerprint density at radius 2 is 2.00 bits per heavy atom. The van der Waals surface area contributed by atoms with Crippen molar-refractivity contribution >= 4 is 27.3 Å². The summed E-state index contributed by atoms with van der Waals surface area (Å²) in [5, 5.41) is 2.71. The zero-order chi connectivity index (χ0) is 19.7. The summed E-state index contributed by atoms with van der Waals surface area (Å²) in [6.45, 7) is 0.625. The van der Waals surface area contributed by atoms with Gasteiger partial charge in [-0.15, -0.1) is 0 Å². The lowest BCUT2D eigenvalue weighted by Gasteiger charge is -2.29. The number of carbonyl (C=O) groups is 2. The van der Waals surface area contributed by atoms with Crippen LogP contribution in [0.1, 0.15) is 39.3 Å². The third-order valence-electron chi connectivity index (χ3n) is 5.16. The number of benzene rings is 1. The number of rotatable bonds is 3. The predicted molar refractivity (Wildman–Crippen MR) is 105 cm³/mol. The predicted octanol–water partition coefficient (Wildman–Crippen LogP) is 1.59. The van der Waals surface area contributed by atoms with Crippen molar-refractivity contribution in [1.82, 2.24) is 10.3 Å². The van der Waals surface area contributed by atoms with E-state index in [1.165, 1.54) is 12.3 Å². The van der Waals surface area contributed by atoms with Crippen LogP contribution in [-0.4, -0.2) is 49.3 Å². The molecule has 146 valence electrons. The normalized spacial score (nSPS) is 20.4. The van der Waals surface area contributed by atoms with Gasteiger partial charge in [0.05, 0.1) is 11.5 Å². The highest BCUT2D eigenvalue weighted by Crippen LogP contribution is 2.28. The Hall–Kier alpha value is -2.74. The van der Waals surface area contributed by atoms with Crippen LogP contribution in [0.15, 0.2) is 42.6 Å². The van der Waals surface area contributed by atoms with Crippen molar-refractivity contribution in [3.8, 4) is 0 Å². The molecule has 8 heteroatoms. The van der Waals surface area contributed by atoms with Crippen molar-refractivity contribution in [1.29, 1.82) is 0 Å². The first-order valence-electron chi connectivity index (χ1n) is 9.30. The van der Waals surface area contributed by atoms with Gasteiger partial charge in [0.2, 0.25) is 0 Å². The number of aromatic nitrogens is 1. The van der Waals surface area contributed by atoms with Crippen molar-refractivity contribution in [3.05, 3.63) is 59.4 Å². The zero-order valence-electron chi connectivity index (χ0n) is 15.3. The highest BCUT2D eigenvalue weighted by atomic mass is 32.2. The minimum atomic E-state index is -3.08. The average molecular weight is 399 g/mol. The number of sulfone groups is 1. The summed E-state index contributed by atoms with van der Waals surface area (Å²) in [7, 11) is -3.08. The van der Waals surface area contributed by atoms with Crippen LogP contribution in [0.25, 0.3) is 0 Å². The lowest BCUT2D eigenvalue weighted by Crippen LogP contribution is -2.37. The third-order valence-corrected chi connectivity index (χ3v) is 6.93. The fourth-order valence-corrected chi connectivity index (χ4v) is 5.43. The van der Waals surface area contributed by atoms with E-state index in [1.807, 2.05) is 24.3 Å². The Morgan fingerprint density at radius 1 is 1.18 bits per heavy atom. The number of hydrogen-bond donors (Lipinski definition) is 1. The van der Waals surface area contributed by atoms with Crippen LogP contribution in [0.5, 0.6) is 0 Å². The van der Waals surface area contributed by atoms with E-state index in [1.54, 1.807) is 11.0 Å². The van der Waals surface area contributed by atoms with Crippen molar-refractivity contribution in [2.24, 2.45) is 0 Å². The number of hydrogen-bond acceptors (Lipinski definition) is 5. The molecule has 1 aromatic heterocycles. The minimum absolute atomic E-state index is 0.0536. The Kier molecular flexibility index (Phi) is 4.89. The molecule has 0 spiro atoms. The van der Waals surface area contributed by atoms with Crippen LogP contribution in [0, 0.1) is 0 Å². The first kappa shape index (κ1) is 18.6. The lowest BCUT2D eigenvalue weighted by atomic mass is 10.0. The summed E-state index contributed by atoms with van der Waals surface area (Å²) >= 11 is 0. The number of aryl methyl sites for hydroxylation is 1. The molecule has 2 aromatic rings. The number of carbonyl (C=O) groups excluding carboxylic acids is 2. The van der Waals surface area contributed by atoms with E-state index in [4.69, 9.17) is 0 Å². The maximum Gasteiger partial charge on any atom is 0.270 e. The van der Waals surface area contributed by atoms with Gasteiger partial charge in [-0.2, -0.15) is 0 Å². The molecule has 1 aromatic carbocycles. The Labute approximate surface area is 163 Å². The van der Waals surface area contributed by atoms with E-state index in [0.717, 1.165) is 24.1 Å². The van der Waals surface area contributed by atoms with Gasteiger partial charge >= 0.3 is 0 Å². The van der Waals surface area contributed by atoms with Gasteiger partial charge in [0.25, 0.3) is 11.8 Å². The molecule has 1 N–H and O–H groups in total. The summed E-state index contributed by atoms with van der Waals surface area (Å²) in [5.74, 6) is -0.608. The first-order chi connectivity index (χ1) is 13.4. The molecule has 4 rings (SSSR count). The molecule has 0 saturated carbocycles. The average Bonchev–Trinajstić information content (AvgIpc) is 3.05. The van der Waals surface area contributed by atoms with Crippen molar-refractivity contribution < 1.29 is 18.0 Å². The van der Waals surface area contributed by atoms with E-state index in [2.05, 4.69) is 10.3 Å². The number of fused-ring (bicyclic) bond motifs is 1. The first-order valence-corrected chi connectivity index (χ1v) is 11.1. The standard InChI is InChI=1S/C20H21N3O4S/c24-19(22-16-8-11-28(26,27)13-16)17-12-15(7-9-21-17)20(25)23-10-3-5-14-4-1-2-6-18(14)23/h1-2,4,6-7,9,12,16H,3,5,8,10-11,13H2,(H,22,24). The van der Waals surface area contributed by atoms with Gasteiger partial charge in [-0.3, -0.25) is 14.6 Å². The lowest BCUT2D eigenvalue weighted by molar-refractivity contribution is 0.0936. The van der Waals surface area contributed by atoms with Crippen LogP contribution in [0.4, 0.5) is 5.69 Å². The smallest absolute Gasteiger partial charge is 0.270 e. The van der Waals surface area contributed by atoms with Crippen LogP contribution in [0.3, 0.4) is 0 Å². The van der Waals surface area contributed by atoms with Crippen molar-refractivity contribution in [3.63, 3.8) is 0 Å². The molecular weight excluding hydrogens is 378 g/mol. The Balaban J connectivity index is 1.53. The molecule has 0 radical (unpaired) electrons. The molecule has 1 atom stereocenters. The highest BCUT2D eigenvalue weighted by molar-refractivity contribution is 7.91. The fourth-order valence-electron chi connectivity index (χ4n) is 3.76. The quantitative estimate of drug-likeness (QED) is 0.846. The fraction of sp³-hybridized carbons (Fsp3) is 0.350. The van der Waals surface area contributed by atoms with E-state index >= 15 is 0 Å². The molecule has 0 aliphatic carbocycles. The molecule has 2 amide bonds. The number of para-hydroxylation sites is 1. The molecule has 3 heterocycles. The Bertz CT molecular complexity index is 1040. The van der Waals surface area contributed by atoms with Gasteiger partial charge in [-0.05, 0) is 43.0 Å². The number of pyridine rings is 1. The van der Waals surface area contributed by atoms with Crippen molar-refractivity contribution in [2.45, 2.75) is 25.3 Å². The van der Waals surface area contributed by atoms with Crippen LogP contribution < -0.4 is 10.2 Å². The van der Waals surface area contributed by atoms with E-state index in [-0.39, 0.29) is 23.1 Å². The number of nitrogens with zero attached hydrogens (tertiary/aromatic N) is 2. The van der Waals surface area contributed by atoms with Gasteiger partial charge < -0.3 is 10.2 Å². The summed E-state index contributed by atoms with van der Waals surface area (Å²) in [6, 6.07) is 10.5. The van der Waals surface area contributed by atoms with Gasteiger partial charge in [-0.25, -0.2) is 8.42 Å². The van der Waals surface area contributed by atoms with E-state index in [0.29, 0.717) is 18.5 Å². The Morgan fingerprint density at radius 3 is 2.79 bits per heavy atom. The SMILES string of the molecule is O=C(NC1CCS(=O)(=O)C1)c1cc(C(=O)N2CCCc3ccccc32)ccn1. The highest BCUT2D eigenvalue weighted by Gasteiger charge is 2.30. The van der Waals surface area contributed by atoms with Gasteiger partial charge in [0, 0.05) is 30.0 Å². The number of anilines is 1. The van der Waals surface area contributed by atoms with Crippen LogP contribution >= 0.6 is 0 Å². The molecule has 2 aliphatic heterocycles. The summed E-state index contributed by atoms with van der Waals surface area (Å²) in [4.78, 5) is 31.3. The molecule has 1 fully saturated rings. The number of amides is 2. The van der Waals surface area contributed by atoms with Crippen molar-refractivity contribution in [2.75, 3.05) is 23.0 Å². The molecule has 7 nitrogen and oxygen atoms in total. The number of nitrogens with one attached hydrogen (secondary N) is 1. The second kappa shape index (κ2) is 7.35. The maximum absolute atomic E-state index is 13.1. The van der Waals surface area contributed by atoms with Gasteiger partial charge in [-0.1, -0.05) is 18.2 Å². The topological polar surface area (TPSA) is 96.4 Å². The molecule has 1 unspecified atom stereocenters. The van der Waals surface area contributed by atoms with Gasteiger partial charge in [0.15, 0.2) is 9.84 Å². The van der Waals surface area contributed by atoms with Crippen LogP contribution in [0.2, 0.25) is 0 Å². The van der Waals surface area contributed by atoms with E-state index in [9.17, 15) is 18.0 Å². The van der Waals surface area contributed by atoms with E-state index < -0.39 is 21.8 Å². The minimum Gasteiger partial charge on any atom is -0.347 e. The largest absolute Gasteiger partial charge is 0.347 e. The van der Waals surface area contributed by atoms with Crippen LogP contribution in [-0.2, 0) is 16.3 Å².